The van der Waals surface area contributed by atoms with Gasteiger partial charge in [-0.1, -0.05) is 32.9 Å². The van der Waals surface area contributed by atoms with Gasteiger partial charge in [-0.05, 0) is 43.4 Å². The Morgan fingerprint density at radius 3 is 2.18 bits per heavy atom. The number of hydrogen-bond acceptors (Lipinski definition) is 6. The van der Waals surface area contributed by atoms with Gasteiger partial charge in [0.15, 0.2) is 0 Å². The van der Waals surface area contributed by atoms with E-state index in [0.717, 1.165) is 0 Å². The summed E-state index contributed by atoms with van der Waals surface area (Å²) in [5.74, 6) is -0.968. The molecule has 1 aromatic rings. The number of nitrogens with one attached hydrogen (secondary N) is 4. The van der Waals surface area contributed by atoms with Crippen LogP contribution in [0.25, 0.3) is 0 Å². The third kappa shape index (κ3) is 11.3. The van der Waals surface area contributed by atoms with E-state index in [2.05, 4.69) is 21.3 Å². The number of ketones is 1. The van der Waals surface area contributed by atoms with E-state index in [9.17, 15) is 24.0 Å². The molecule has 6 N–H and O–H groups in total. The molecule has 34 heavy (non-hydrogen) atoms. The molecule has 1 rings (SSSR count). The first-order chi connectivity index (χ1) is 16.0. The lowest BCUT2D eigenvalue weighted by atomic mass is 9.96. The summed E-state index contributed by atoms with van der Waals surface area (Å²) in [7, 11) is 0. The molecule has 0 spiro atoms. The highest BCUT2D eigenvalue weighted by molar-refractivity contribution is 5.97. The minimum absolute atomic E-state index is 0.00337. The Kier molecular flexibility index (Phi) is 12.1. The van der Waals surface area contributed by atoms with Crippen molar-refractivity contribution in [3.8, 4) is 0 Å². The second kappa shape index (κ2) is 14.5. The van der Waals surface area contributed by atoms with Crippen molar-refractivity contribution in [2.45, 2.75) is 53.2 Å². The monoisotopic (exact) mass is 477 g/mol. The smallest absolute Gasteiger partial charge is 0.407 e. The Labute approximate surface area is 199 Å². The maximum absolute atomic E-state index is 12.9. The van der Waals surface area contributed by atoms with Gasteiger partial charge in [-0.2, -0.15) is 0 Å². The zero-order valence-corrected chi connectivity index (χ0v) is 20.1. The number of urea groups is 1. The molecule has 0 heterocycles. The minimum Gasteiger partial charge on any atom is -0.445 e. The highest BCUT2D eigenvalue weighted by Gasteiger charge is 2.24. The van der Waals surface area contributed by atoms with Crippen LogP contribution in [0.15, 0.2) is 24.3 Å². The van der Waals surface area contributed by atoms with Crippen molar-refractivity contribution in [2.24, 2.45) is 17.6 Å². The first kappa shape index (κ1) is 28.4. The molecule has 0 bridgehead atoms. The van der Waals surface area contributed by atoms with Crippen molar-refractivity contribution in [3.63, 3.8) is 0 Å². The number of alkyl carbamates (subject to hydrolysis) is 1. The number of rotatable bonds is 13. The zero-order valence-electron chi connectivity index (χ0n) is 20.1. The van der Waals surface area contributed by atoms with E-state index >= 15 is 0 Å². The first-order valence-electron chi connectivity index (χ1n) is 11.1. The number of anilines is 1. The molecule has 0 unspecified atom stereocenters. The molecule has 0 aromatic heterocycles. The summed E-state index contributed by atoms with van der Waals surface area (Å²) in [4.78, 5) is 58.6. The molecule has 1 aromatic carbocycles. The lowest BCUT2D eigenvalue weighted by molar-refractivity contribution is -0.130. The predicted octanol–water partition coefficient (Wildman–Crippen LogP) is 1.67. The number of amides is 5. The molecule has 0 radical (unpaired) electrons. The molecule has 2 atom stereocenters. The number of carbonyl (C=O) groups excluding carboxylic acids is 5. The Morgan fingerprint density at radius 1 is 0.971 bits per heavy atom. The molecule has 0 aliphatic rings. The van der Waals surface area contributed by atoms with E-state index in [-0.39, 0.29) is 43.2 Å². The lowest BCUT2D eigenvalue weighted by Gasteiger charge is -2.22. The SMILES string of the molecule is CC(=O)CNC(=O)OCc1ccc(NC(=O)[C@H](CCCNC(N)=O)NC(=O)[C@@H](C)C(C)C)cc1. The Balaban J connectivity index is 2.70. The maximum Gasteiger partial charge on any atom is 0.407 e. The Morgan fingerprint density at radius 2 is 1.62 bits per heavy atom. The van der Waals surface area contributed by atoms with Crippen LogP contribution in [0.3, 0.4) is 0 Å². The summed E-state index contributed by atoms with van der Waals surface area (Å²) in [6.45, 7) is 7.18. The van der Waals surface area contributed by atoms with Crippen LogP contribution in [0.2, 0.25) is 0 Å². The van der Waals surface area contributed by atoms with E-state index in [1.54, 1.807) is 31.2 Å². The second-order valence-corrected chi connectivity index (χ2v) is 8.34. The van der Waals surface area contributed by atoms with Crippen molar-refractivity contribution >= 4 is 35.4 Å². The van der Waals surface area contributed by atoms with Crippen molar-refractivity contribution in [3.05, 3.63) is 29.8 Å². The van der Waals surface area contributed by atoms with Crippen LogP contribution >= 0.6 is 0 Å². The number of benzene rings is 1. The fourth-order valence-corrected chi connectivity index (χ4v) is 2.70. The van der Waals surface area contributed by atoms with Gasteiger partial charge < -0.3 is 31.7 Å². The molecule has 11 nitrogen and oxygen atoms in total. The Hall–Kier alpha value is -3.63. The molecule has 5 amide bonds. The van der Waals surface area contributed by atoms with Crippen molar-refractivity contribution in [1.29, 1.82) is 0 Å². The molecule has 188 valence electrons. The molecule has 0 saturated carbocycles. The average molecular weight is 478 g/mol. The summed E-state index contributed by atoms with van der Waals surface area (Å²) in [5.41, 5.74) is 6.24. The van der Waals surface area contributed by atoms with Crippen LogP contribution in [-0.4, -0.2) is 48.9 Å². The second-order valence-electron chi connectivity index (χ2n) is 8.34. The van der Waals surface area contributed by atoms with Gasteiger partial charge in [0.1, 0.15) is 18.4 Å². The quantitative estimate of drug-likeness (QED) is 0.271. The fourth-order valence-electron chi connectivity index (χ4n) is 2.70. The summed E-state index contributed by atoms with van der Waals surface area (Å²) in [6.07, 6.45) is 0.0520. The highest BCUT2D eigenvalue weighted by atomic mass is 16.5. The molecular weight excluding hydrogens is 442 g/mol. The first-order valence-corrected chi connectivity index (χ1v) is 11.1. The third-order valence-corrected chi connectivity index (χ3v) is 5.09. The van der Waals surface area contributed by atoms with Gasteiger partial charge in [-0.25, -0.2) is 9.59 Å². The molecule has 0 aliphatic heterocycles. The van der Waals surface area contributed by atoms with Gasteiger partial charge in [-0.3, -0.25) is 14.4 Å². The molecule has 0 saturated heterocycles. The Bertz CT molecular complexity index is 856. The van der Waals surface area contributed by atoms with Gasteiger partial charge in [0.25, 0.3) is 0 Å². The fraction of sp³-hybridized carbons (Fsp3) is 0.522. The van der Waals surface area contributed by atoms with Crippen LogP contribution in [0, 0.1) is 11.8 Å². The van der Waals surface area contributed by atoms with E-state index in [1.807, 2.05) is 13.8 Å². The maximum atomic E-state index is 12.9. The summed E-state index contributed by atoms with van der Waals surface area (Å²) in [6, 6.07) is 5.20. The van der Waals surface area contributed by atoms with E-state index in [0.29, 0.717) is 24.1 Å². The highest BCUT2D eigenvalue weighted by Crippen LogP contribution is 2.14. The van der Waals surface area contributed by atoms with E-state index < -0.39 is 24.1 Å². The summed E-state index contributed by atoms with van der Waals surface area (Å²) < 4.78 is 5.02. The topological polar surface area (TPSA) is 169 Å². The standard InChI is InChI=1S/C23H35N5O6/c1-14(2)16(4)20(30)28-19(6-5-11-25-22(24)32)21(31)27-18-9-7-17(8-10-18)13-34-23(33)26-12-15(3)29/h7-10,14,16,19H,5-6,11-13H2,1-4H3,(H,26,33)(H,27,31)(H,28,30)(H3,24,25,32)/t16-,19-/m0/s1. The number of hydrogen-bond donors (Lipinski definition) is 5. The minimum atomic E-state index is -0.795. The van der Waals surface area contributed by atoms with Crippen molar-refractivity contribution < 1.29 is 28.7 Å². The zero-order chi connectivity index (χ0) is 25.7. The number of ether oxygens (including phenoxy) is 1. The van der Waals surface area contributed by atoms with Gasteiger partial charge >= 0.3 is 12.1 Å². The van der Waals surface area contributed by atoms with Crippen LogP contribution in [0.1, 0.15) is 46.1 Å². The molecule has 0 aliphatic carbocycles. The predicted molar refractivity (Wildman–Crippen MR) is 127 cm³/mol. The van der Waals surface area contributed by atoms with Gasteiger partial charge in [-0.15, -0.1) is 0 Å². The lowest BCUT2D eigenvalue weighted by Crippen LogP contribution is -2.46. The van der Waals surface area contributed by atoms with Gasteiger partial charge in [0.05, 0.1) is 6.54 Å². The molecular formula is C23H35N5O6. The van der Waals surface area contributed by atoms with E-state index in [4.69, 9.17) is 10.5 Å². The van der Waals surface area contributed by atoms with Crippen molar-refractivity contribution in [2.75, 3.05) is 18.4 Å². The van der Waals surface area contributed by atoms with Crippen molar-refractivity contribution in [1.82, 2.24) is 16.0 Å². The van der Waals surface area contributed by atoms with E-state index in [1.165, 1.54) is 6.92 Å². The number of nitrogens with two attached hydrogens (primary N) is 1. The van der Waals surface area contributed by atoms with Crippen LogP contribution in [0.5, 0.6) is 0 Å². The number of primary amides is 1. The normalized spacial score (nSPS) is 12.3. The van der Waals surface area contributed by atoms with Crippen LogP contribution in [-0.2, 0) is 25.7 Å². The van der Waals surface area contributed by atoms with Gasteiger partial charge in [0.2, 0.25) is 11.8 Å². The van der Waals surface area contributed by atoms with Crippen LogP contribution in [0.4, 0.5) is 15.3 Å². The summed E-state index contributed by atoms with van der Waals surface area (Å²) in [5, 5.41) is 10.3. The van der Waals surface area contributed by atoms with Gasteiger partial charge in [0, 0.05) is 18.2 Å². The summed E-state index contributed by atoms with van der Waals surface area (Å²) >= 11 is 0. The number of Topliss-reactive ketones (excluding diaryl/α,β-unsaturated/α-hetero) is 1. The van der Waals surface area contributed by atoms with Crippen LogP contribution < -0.4 is 27.0 Å². The largest absolute Gasteiger partial charge is 0.445 e. The average Bonchev–Trinajstić information content (AvgIpc) is 2.78. The molecule has 0 fully saturated rings. The third-order valence-electron chi connectivity index (χ3n) is 5.09. The number of carbonyl (C=O) groups is 5. The molecule has 11 heteroatoms.